The van der Waals surface area contributed by atoms with Crippen LogP contribution in [-0.2, 0) is 0 Å². The van der Waals surface area contributed by atoms with Gasteiger partial charge in [0.05, 0.1) is 0 Å². The average molecular weight is 116 g/mol. The molecule has 0 unspecified atom stereocenters. The Kier molecular flexibility index (Phi) is 2.00. The van der Waals surface area contributed by atoms with Crippen molar-refractivity contribution in [1.29, 1.82) is 0 Å². The Hall–Kier alpha value is -0.193. The molecule has 0 aliphatic heterocycles. The summed E-state index contributed by atoms with van der Waals surface area (Å²) in [5.74, 6) is 0. The van der Waals surface area contributed by atoms with Crippen LogP contribution in [0.25, 0.3) is 0 Å². The molecule has 3 heteroatoms. The van der Waals surface area contributed by atoms with Crippen molar-refractivity contribution in [3.63, 3.8) is 0 Å². The minimum absolute atomic E-state index is 0.535. The van der Waals surface area contributed by atoms with Crippen molar-refractivity contribution in [1.82, 2.24) is 9.55 Å². The van der Waals surface area contributed by atoms with Crippen LogP contribution in [0.2, 0.25) is 0 Å². The third-order valence-electron chi connectivity index (χ3n) is 1.42. The maximum absolute atomic E-state index is 4.10. The Balaban J connectivity index is 2.94. The van der Waals surface area contributed by atoms with Gasteiger partial charge in [-0.05, 0) is 0 Å². The standard InChI is InChI=1S/C6H9N2.Li/c1-6(2)8-4-3-7-5-8;/h3-4,6H,1-2H3;. The summed E-state index contributed by atoms with van der Waals surface area (Å²) >= 11 is 2.01. The molecule has 1 heterocycles. The number of hydrogen-bond acceptors (Lipinski definition) is 1. The number of imidazole rings is 1. The van der Waals surface area contributed by atoms with Crippen molar-refractivity contribution in [2.45, 2.75) is 19.9 Å². The van der Waals surface area contributed by atoms with E-state index in [2.05, 4.69) is 23.4 Å². The quantitative estimate of drug-likeness (QED) is 0.481. The Labute approximate surface area is 64.5 Å². The van der Waals surface area contributed by atoms with E-state index in [4.69, 9.17) is 0 Å². The first-order chi connectivity index (χ1) is 4.22. The Morgan fingerprint density at radius 1 is 1.67 bits per heavy atom. The number of hydrogen-bond donors (Lipinski definition) is 0. The van der Waals surface area contributed by atoms with Crippen LogP contribution in [0.3, 0.4) is 0 Å². The van der Waals surface area contributed by atoms with Crippen LogP contribution in [0, 0.1) is 0 Å². The van der Waals surface area contributed by atoms with Gasteiger partial charge in [-0.15, -0.1) is 0 Å². The summed E-state index contributed by atoms with van der Waals surface area (Å²) in [5, 5.41) is 0. The third kappa shape index (κ3) is 1.38. The first kappa shape index (κ1) is 6.92. The molecular formula is C6H9LiN2. The second-order valence-corrected chi connectivity index (χ2v) is 2.48. The summed E-state index contributed by atoms with van der Waals surface area (Å²) in [7, 11) is 0. The Morgan fingerprint density at radius 2 is 2.33 bits per heavy atom. The molecule has 0 radical (unpaired) electrons. The first-order valence-electron chi connectivity index (χ1n) is 3.21. The monoisotopic (exact) mass is 116 g/mol. The molecule has 0 fully saturated rings. The van der Waals surface area contributed by atoms with E-state index in [9.17, 15) is 0 Å². The van der Waals surface area contributed by atoms with Crippen LogP contribution in [-0.4, -0.2) is 27.3 Å². The summed E-state index contributed by atoms with van der Waals surface area (Å²) in [5.41, 5.74) is 0. The molecule has 0 aliphatic carbocycles. The molecule has 2 nitrogen and oxygen atoms in total. The zero-order valence-electron chi connectivity index (χ0n) is 6.13. The van der Waals surface area contributed by atoms with E-state index < -0.39 is 0 Å². The summed E-state index contributed by atoms with van der Waals surface area (Å²) in [4.78, 5) is 4.10. The molecule has 0 atom stereocenters. The Bertz CT molecular complexity index is 193. The van der Waals surface area contributed by atoms with Gasteiger partial charge in [0.2, 0.25) is 0 Å². The second-order valence-electron chi connectivity index (χ2n) is 2.48. The van der Waals surface area contributed by atoms with Crippen LogP contribution in [0.4, 0.5) is 0 Å². The molecule has 0 saturated carbocycles. The molecule has 0 aromatic carbocycles. The summed E-state index contributed by atoms with van der Waals surface area (Å²) in [6.45, 7) is 4.30. The number of nitrogens with zero attached hydrogens (tertiary/aromatic N) is 2. The molecule has 0 bridgehead atoms. The zero-order chi connectivity index (χ0) is 6.85. The van der Waals surface area contributed by atoms with Gasteiger partial charge < -0.3 is 0 Å². The van der Waals surface area contributed by atoms with Gasteiger partial charge in [-0.2, -0.15) is 0 Å². The number of aromatic nitrogens is 2. The fourth-order valence-corrected chi connectivity index (χ4v) is 0.933. The fourth-order valence-electron chi connectivity index (χ4n) is 0.933. The van der Waals surface area contributed by atoms with E-state index in [1.807, 2.05) is 30.1 Å². The normalized spacial score (nSPS) is 10.8. The van der Waals surface area contributed by atoms with Gasteiger partial charge in [0.1, 0.15) is 0 Å². The van der Waals surface area contributed by atoms with Crippen LogP contribution in [0.5, 0.6) is 0 Å². The minimum atomic E-state index is 0.535. The van der Waals surface area contributed by atoms with Gasteiger partial charge in [0.25, 0.3) is 0 Å². The summed E-state index contributed by atoms with van der Waals surface area (Å²) in [6.07, 6.45) is 3.83. The van der Waals surface area contributed by atoms with Gasteiger partial charge >= 0.3 is 64.0 Å². The van der Waals surface area contributed by atoms with Crippen molar-refractivity contribution in [2.24, 2.45) is 0 Å². The molecule has 1 rings (SSSR count). The summed E-state index contributed by atoms with van der Waals surface area (Å²) < 4.78 is 3.23. The van der Waals surface area contributed by atoms with Gasteiger partial charge in [-0.3, -0.25) is 0 Å². The molecule has 9 heavy (non-hydrogen) atoms. The van der Waals surface area contributed by atoms with Gasteiger partial charge in [-0.1, -0.05) is 0 Å². The fraction of sp³-hybridized carbons (Fsp3) is 0.500. The van der Waals surface area contributed by atoms with Crippen LogP contribution in [0.15, 0.2) is 12.4 Å². The van der Waals surface area contributed by atoms with E-state index in [-0.39, 0.29) is 0 Å². The van der Waals surface area contributed by atoms with Gasteiger partial charge in [-0.25, -0.2) is 0 Å². The van der Waals surface area contributed by atoms with E-state index in [1.165, 1.54) is 0 Å². The van der Waals surface area contributed by atoms with Crippen molar-refractivity contribution in [3.05, 3.63) is 12.4 Å². The number of rotatable bonds is 1. The first-order valence-corrected chi connectivity index (χ1v) is 3.21. The van der Waals surface area contributed by atoms with Crippen LogP contribution >= 0.6 is 0 Å². The molecule has 0 spiro atoms. The average Bonchev–Trinajstić information content (AvgIpc) is 2.13. The van der Waals surface area contributed by atoms with Crippen LogP contribution in [0.1, 0.15) is 19.9 Å². The third-order valence-corrected chi connectivity index (χ3v) is 1.42. The van der Waals surface area contributed by atoms with E-state index >= 15 is 0 Å². The Morgan fingerprint density at radius 3 is 2.56 bits per heavy atom. The molecular weight excluding hydrogens is 107 g/mol. The van der Waals surface area contributed by atoms with Crippen molar-refractivity contribution in [2.75, 3.05) is 0 Å². The molecule has 44 valence electrons. The van der Waals surface area contributed by atoms with Gasteiger partial charge in [0, 0.05) is 0 Å². The SMILES string of the molecule is [Li][c]1nccn1C(C)C. The molecule has 0 amide bonds. The molecule has 1 aromatic heterocycles. The predicted molar refractivity (Wildman–Crippen MR) is 38.0 cm³/mol. The molecule has 1 aromatic rings. The van der Waals surface area contributed by atoms with E-state index in [0.29, 0.717) is 6.04 Å². The van der Waals surface area contributed by atoms with Crippen LogP contribution < -0.4 is 4.50 Å². The van der Waals surface area contributed by atoms with Crippen molar-refractivity contribution >= 4 is 22.2 Å². The van der Waals surface area contributed by atoms with Crippen molar-refractivity contribution in [3.8, 4) is 0 Å². The molecule has 0 N–H and O–H groups in total. The maximum atomic E-state index is 4.10. The topological polar surface area (TPSA) is 17.8 Å². The van der Waals surface area contributed by atoms with E-state index in [1.54, 1.807) is 0 Å². The molecule has 0 aliphatic rings. The predicted octanol–water partition coefficient (Wildman–Crippen LogP) is 0.258. The molecule has 0 saturated heterocycles. The zero-order valence-corrected chi connectivity index (χ0v) is 6.13. The second kappa shape index (κ2) is 2.60. The van der Waals surface area contributed by atoms with E-state index in [0.717, 1.165) is 4.50 Å². The van der Waals surface area contributed by atoms with Crippen molar-refractivity contribution < 1.29 is 0 Å². The van der Waals surface area contributed by atoms with Gasteiger partial charge in [0.15, 0.2) is 0 Å². The summed E-state index contributed by atoms with van der Waals surface area (Å²) in [6, 6.07) is 0.535.